The molecule has 4 N–H and O–H groups in total. The lowest BCUT2D eigenvalue weighted by Crippen LogP contribution is -2.22. The van der Waals surface area contributed by atoms with Gasteiger partial charge in [-0.15, -0.1) is 0 Å². The van der Waals surface area contributed by atoms with Gasteiger partial charge in [0, 0.05) is 5.69 Å². The molecule has 3 aromatic carbocycles. The summed E-state index contributed by atoms with van der Waals surface area (Å²) in [6, 6.07) is 14.1. The minimum Gasteiger partial charge on any atom is -0.507 e. The molecule has 26 heavy (non-hydrogen) atoms. The predicted molar refractivity (Wildman–Crippen MR) is 94.5 cm³/mol. The Labute approximate surface area is 148 Å². The Morgan fingerprint density at radius 1 is 0.577 bits per heavy atom. The van der Waals surface area contributed by atoms with Gasteiger partial charge in [-0.05, 0) is 36.4 Å². The molecule has 0 atom stereocenters. The molecule has 1 aliphatic carbocycles. The Morgan fingerprint density at radius 2 is 1.04 bits per heavy atom. The summed E-state index contributed by atoms with van der Waals surface area (Å²) in [7, 11) is 0. The molecule has 0 amide bonds. The second-order valence-corrected chi connectivity index (χ2v) is 5.89. The van der Waals surface area contributed by atoms with Gasteiger partial charge in [0.05, 0.1) is 27.9 Å². The SMILES string of the molecule is O=C1c2c(O)ccc(O)c2C(=O)c2c(Nc3ccccc3)ccc(O)c21. The topological polar surface area (TPSA) is 107 Å². The Balaban J connectivity index is 1.96. The van der Waals surface area contributed by atoms with Crippen LogP contribution in [0.2, 0.25) is 0 Å². The summed E-state index contributed by atoms with van der Waals surface area (Å²) < 4.78 is 0. The summed E-state index contributed by atoms with van der Waals surface area (Å²) in [5.74, 6) is -2.58. The van der Waals surface area contributed by atoms with Crippen LogP contribution in [-0.2, 0) is 0 Å². The van der Waals surface area contributed by atoms with E-state index in [1.807, 2.05) is 6.07 Å². The fourth-order valence-electron chi connectivity index (χ4n) is 3.13. The van der Waals surface area contributed by atoms with Crippen molar-refractivity contribution >= 4 is 22.9 Å². The van der Waals surface area contributed by atoms with Crippen LogP contribution >= 0.6 is 0 Å². The quantitative estimate of drug-likeness (QED) is 0.414. The molecule has 0 saturated heterocycles. The lowest BCUT2D eigenvalue weighted by molar-refractivity contribution is 0.0972. The first-order valence-electron chi connectivity index (χ1n) is 7.81. The first kappa shape index (κ1) is 15.7. The molecule has 0 saturated carbocycles. The number of hydrogen-bond acceptors (Lipinski definition) is 6. The van der Waals surface area contributed by atoms with Crippen LogP contribution in [0.1, 0.15) is 31.8 Å². The number of carbonyl (C=O) groups excluding carboxylic acids is 2. The number of nitrogens with one attached hydrogen (secondary N) is 1. The standard InChI is InChI=1S/C20H13NO5/c22-12-7-6-11(21-10-4-2-1-3-5-10)15-16(12)20(26)18-14(24)9-8-13(23)17(18)19(15)25/h1-9,21-24H. The summed E-state index contributed by atoms with van der Waals surface area (Å²) >= 11 is 0. The van der Waals surface area contributed by atoms with E-state index in [4.69, 9.17) is 0 Å². The van der Waals surface area contributed by atoms with Crippen LogP contribution in [0.5, 0.6) is 17.2 Å². The van der Waals surface area contributed by atoms with Crippen molar-refractivity contribution in [2.75, 3.05) is 5.32 Å². The monoisotopic (exact) mass is 347 g/mol. The van der Waals surface area contributed by atoms with Crippen LogP contribution in [-0.4, -0.2) is 26.9 Å². The number of anilines is 2. The smallest absolute Gasteiger partial charge is 0.202 e. The molecule has 0 spiro atoms. The Bertz CT molecular complexity index is 1070. The third kappa shape index (κ3) is 2.20. The number of para-hydroxylation sites is 1. The van der Waals surface area contributed by atoms with Crippen LogP contribution < -0.4 is 5.32 Å². The summed E-state index contributed by atoms with van der Waals surface area (Å²) in [5.41, 5.74) is 0.165. The first-order valence-corrected chi connectivity index (χ1v) is 7.81. The minimum absolute atomic E-state index is 0.0488. The normalized spacial score (nSPS) is 12.5. The Kier molecular flexibility index (Phi) is 3.40. The highest BCUT2D eigenvalue weighted by Crippen LogP contribution is 2.43. The maximum absolute atomic E-state index is 13.0. The van der Waals surface area contributed by atoms with Crippen molar-refractivity contribution in [3.05, 3.63) is 76.9 Å². The van der Waals surface area contributed by atoms with Gasteiger partial charge in [0.2, 0.25) is 11.6 Å². The number of ketones is 2. The average molecular weight is 347 g/mol. The molecule has 0 aliphatic heterocycles. The summed E-state index contributed by atoms with van der Waals surface area (Å²) in [5, 5.41) is 33.3. The molecule has 0 bridgehead atoms. The average Bonchev–Trinajstić information content (AvgIpc) is 2.63. The molecule has 3 aromatic rings. The first-order chi connectivity index (χ1) is 12.5. The molecule has 1 aliphatic rings. The van der Waals surface area contributed by atoms with Gasteiger partial charge >= 0.3 is 0 Å². The van der Waals surface area contributed by atoms with Crippen LogP contribution in [0.25, 0.3) is 0 Å². The summed E-state index contributed by atoms with van der Waals surface area (Å²) in [6.45, 7) is 0. The van der Waals surface area contributed by atoms with E-state index < -0.39 is 23.1 Å². The largest absolute Gasteiger partial charge is 0.507 e. The van der Waals surface area contributed by atoms with Crippen molar-refractivity contribution in [3.8, 4) is 17.2 Å². The Hall–Kier alpha value is -3.80. The molecule has 0 radical (unpaired) electrons. The number of phenols is 3. The Morgan fingerprint density at radius 3 is 1.62 bits per heavy atom. The van der Waals surface area contributed by atoms with E-state index in [1.165, 1.54) is 12.1 Å². The van der Waals surface area contributed by atoms with E-state index in [2.05, 4.69) is 5.32 Å². The second kappa shape index (κ2) is 5.63. The summed E-state index contributed by atoms with van der Waals surface area (Å²) in [6.07, 6.45) is 0. The number of hydrogen-bond donors (Lipinski definition) is 4. The molecule has 0 aromatic heterocycles. The van der Waals surface area contributed by atoms with Crippen LogP contribution in [0.15, 0.2) is 54.6 Å². The maximum Gasteiger partial charge on any atom is 0.202 e. The van der Waals surface area contributed by atoms with Crippen molar-refractivity contribution in [2.45, 2.75) is 0 Å². The lowest BCUT2D eigenvalue weighted by atomic mass is 9.81. The third-order valence-electron chi connectivity index (χ3n) is 4.31. The fraction of sp³-hybridized carbons (Fsp3) is 0. The van der Waals surface area contributed by atoms with Gasteiger partial charge in [0.25, 0.3) is 0 Å². The van der Waals surface area contributed by atoms with E-state index in [-0.39, 0.29) is 28.0 Å². The fourth-order valence-corrected chi connectivity index (χ4v) is 3.13. The van der Waals surface area contributed by atoms with E-state index in [9.17, 15) is 24.9 Å². The van der Waals surface area contributed by atoms with Crippen molar-refractivity contribution in [1.29, 1.82) is 0 Å². The molecule has 4 rings (SSSR count). The zero-order chi connectivity index (χ0) is 18.4. The maximum atomic E-state index is 13.0. The zero-order valence-corrected chi connectivity index (χ0v) is 13.4. The van der Waals surface area contributed by atoms with Gasteiger partial charge in [-0.2, -0.15) is 0 Å². The van der Waals surface area contributed by atoms with E-state index in [0.29, 0.717) is 11.4 Å². The van der Waals surface area contributed by atoms with E-state index in [1.54, 1.807) is 24.3 Å². The van der Waals surface area contributed by atoms with Crippen LogP contribution in [0, 0.1) is 0 Å². The number of phenolic OH excluding ortho intramolecular Hbond substituents is 3. The third-order valence-corrected chi connectivity index (χ3v) is 4.31. The number of carbonyl (C=O) groups is 2. The molecule has 6 heteroatoms. The number of aromatic hydroxyl groups is 3. The van der Waals surface area contributed by atoms with Crippen LogP contribution in [0.4, 0.5) is 11.4 Å². The highest BCUT2D eigenvalue weighted by molar-refractivity contribution is 6.32. The lowest BCUT2D eigenvalue weighted by Gasteiger charge is -2.22. The second-order valence-electron chi connectivity index (χ2n) is 5.89. The van der Waals surface area contributed by atoms with Crippen LogP contribution in [0.3, 0.4) is 0 Å². The van der Waals surface area contributed by atoms with Gasteiger partial charge in [0.1, 0.15) is 17.2 Å². The number of fused-ring (bicyclic) bond motifs is 2. The highest BCUT2D eigenvalue weighted by atomic mass is 16.3. The van der Waals surface area contributed by atoms with Crippen molar-refractivity contribution in [3.63, 3.8) is 0 Å². The van der Waals surface area contributed by atoms with Gasteiger partial charge in [0.15, 0.2) is 0 Å². The molecule has 0 heterocycles. The van der Waals surface area contributed by atoms with Gasteiger partial charge in [-0.3, -0.25) is 9.59 Å². The molecule has 0 unspecified atom stereocenters. The molecule has 6 nitrogen and oxygen atoms in total. The zero-order valence-electron chi connectivity index (χ0n) is 13.4. The molecular weight excluding hydrogens is 334 g/mol. The number of benzene rings is 3. The van der Waals surface area contributed by atoms with Gasteiger partial charge in [-0.25, -0.2) is 0 Å². The van der Waals surface area contributed by atoms with E-state index in [0.717, 1.165) is 12.1 Å². The van der Waals surface area contributed by atoms with Crippen molar-refractivity contribution < 1.29 is 24.9 Å². The van der Waals surface area contributed by atoms with Gasteiger partial charge < -0.3 is 20.6 Å². The number of rotatable bonds is 2. The minimum atomic E-state index is -0.725. The van der Waals surface area contributed by atoms with E-state index >= 15 is 0 Å². The van der Waals surface area contributed by atoms with Gasteiger partial charge in [-0.1, -0.05) is 18.2 Å². The molecule has 128 valence electrons. The van der Waals surface area contributed by atoms with Crippen molar-refractivity contribution in [2.24, 2.45) is 0 Å². The predicted octanol–water partition coefficient (Wildman–Crippen LogP) is 3.32. The highest BCUT2D eigenvalue weighted by Gasteiger charge is 2.38. The van der Waals surface area contributed by atoms with Crippen molar-refractivity contribution in [1.82, 2.24) is 0 Å². The molecule has 0 fully saturated rings. The molecular formula is C20H13NO5. The summed E-state index contributed by atoms with van der Waals surface area (Å²) in [4.78, 5) is 25.9.